The lowest BCUT2D eigenvalue weighted by Gasteiger charge is -2.18. The van der Waals surface area contributed by atoms with E-state index in [0.717, 1.165) is 4.47 Å². The molecule has 0 spiro atoms. The Bertz CT molecular complexity index is 228. The second-order valence-corrected chi connectivity index (χ2v) is 4.53. The van der Waals surface area contributed by atoms with Crippen LogP contribution in [0.4, 0.5) is 0 Å². The van der Waals surface area contributed by atoms with Crippen LogP contribution in [0.25, 0.3) is 0 Å². The zero-order valence-electron chi connectivity index (χ0n) is 7.11. The predicted molar refractivity (Wildman–Crippen MR) is 51.7 cm³/mol. The molecule has 0 unspecified atom stereocenters. The van der Waals surface area contributed by atoms with Gasteiger partial charge in [0.2, 0.25) is 0 Å². The van der Waals surface area contributed by atoms with Crippen LogP contribution in [0.5, 0.6) is 0 Å². The Morgan fingerprint density at radius 2 is 1.91 bits per heavy atom. The molecular formula is C10H12Br. The quantitative estimate of drug-likeness (QED) is 0.616. The molecule has 1 aromatic rings. The van der Waals surface area contributed by atoms with E-state index < -0.39 is 0 Å². The molecule has 0 heterocycles. The first kappa shape index (κ1) is 8.79. The summed E-state index contributed by atoms with van der Waals surface area (Å²) in [4.78, 5) is 0. The van der Waals surface area contributed by atoms with E-state index in [1.54, 1.807) is 0 Å². The highest BCUT2D eigenvalue weighted by Gasteiger charge is 2.12. The van der Waals surface area contributed by atoms with Crippen LogP contribution in [0.3, 0.4) is 0 Å². The van der Waals surface area contributed by atoms with Gasteiger partial charge in [0.25, 0.3) is 0 Å². The first-order chi connectivity index (χ1) is 5.00. The van der Waals surface area contributed by atoms with E-state index in [4.69, 9.17) is 0 Å². The summed E-state index contributed by atoms with van der Waals surface area (Å²) in [5.41, 5.74) is 1.55. The minimum Gasteiger partial charge on any atom is -0.0573 e. The van der Waals surface area contributed by atoms with Crippen LogP contribution in [0, 0.1) is 6.07 Å². The summed E-state index contributed by atoms with van der Waals surface area (Å²) in [6.07, 6.45) is 0. The van der Waals surface area contributed by atoms with Gasteiger partial charge in [-0.25, -0.2) is 0 Å². The van der Waals surface area contributed by atoms with Crippen molar-refractivity contribution < 1.29 is 0 Å². The molecule has 0 amide bonds. The molecule has 1 aromatic carbocycles. The Morgan fingerprint density at radius 3 is 2.27 bits per heavy atom. The highest BCUT2D eigenvalue weighted by atomic mass is 79.9. The second-order valence-electron chi connectivity index (χ2n) is 3.68. The second kappa shape index (κ2) is 2.98. The minimum absolute atomic E-state index is 0.233. The van der Waals surface area contributed by atoms with Crippen LogP contribution in [0.15, 0.2) is 22.7 Å². The number of halogens is 1. The van der Waals surface area contributed by atoms with Crippen LogP contribution in [-0.2, 0) is 5.41 Å². The third kappa shape index (κ3) is 2.33. The van der Waals surface area contributed by atoms with Crippen molar-refractivity contribution in [2.75, 3.05) is 0 Å². The molecular weight excluding hydrogens is 200 g/mol. The third-order valence-electron chi connectivity index (χ3n) is 1.64. The molecule has 1 radical (unpaired) electrons. The third-order valence-corrected chi connectivity index (χ3v) is 2.13. The van der Waals surface area contributed by atoms with E-state index in [1.807, 2.05) is 12.1 Å². The summed E-state index contributed by atoms with van der Waals surface area (Å²) in [6.45, 7) is 6.60. The average Bonchev–Trinajstić information content (AvgIpc) is 1.86. The molecule has 1 heteroatoms. The molecule has 0 N–H and O–H groups in total. The van der Waals surface area contributed by atoms with Crippen molar-refractivity contribution >= 4 is 15.9 Å². The lowest BCUT2D eigenvalue weighted by Crippen LogP contribution is -2.10. The van der Waals surface area contributed by atoms with Gasteiger partial charge in [-0.05, 0) is 29.2 Å². The Hall–Kier alpha value is -0.300. The van der Waals surface area contributed by atoms with Crippen molar-refractivity contribution in [3.63, 3.8) is 0 Å². The summed E-state index contributed by atoms with van der Waals surface area (Å²) >= 11 is 3.36. The zero-order chi connectivity index (χ0) is 8.48. The molecule has 0 saturated heterocycles. The van der Waals surface area contributed by atoms with E-state index in [2.05, 4.69) is 48.8 Å². The molecule has 0 atom stereocenters. The van der Waals surface area contributed by atoms with Gasteiger partial charge in [0.15, 0.2) is 0 Å². The fourth-order valence-electron chi connectivity index (χ4n) is 0.872. The van der Waals surface area contributed by atoms with Gasteiger partial charge in [-0.1, -0.05) is 42.8 Å². The number of hydrogen-bond acceptors (Lipinski definition) is 0. The van der Waals surface area contributed by atoms with Crippen LogP contribution in [0.1, 0.15) is 26.3 Å². The predicted octanol–water partition coefficient (Wildman–Crippen LogP) is 3.55. The molecule has 0 aliphatic carbocycles. The first-order valence-electron chi connectivity index (χ1n) is 3.68. The highest BCUT2D eigenvalue weighted by Crippen LogP contribution is 2.22. The van der Waals surface area contributed by atoms with E-state index in [0.29, 0.717) is 0 Å². The monoisotopic (exact) mass is 211 g/mol. The fraction of sp³-hybridized carbons (Fsp3) is 0.400. The summed E-state index contributed by atoms with van der Waals surface area (Å²) in [5.74, 6) is 0. The van der Waals surface area contributed by atoms with E-state index in [1.165, 1.54) is 5.56 Å². The molecule has 0 aliphatic heterocycles. The highest BCUT2D eigenvalue weighted by molar-refractivity contribution is 9.10. The van der Waals surface area contributed by atoms with Crippen LogP contribution >= 0.6 is 15.9 Å². The van der Waals surface area contributed by atoms with Crippen molar-refractivity contribution in [3.05, 3.63) is 34.3 Å². The lowest BCUT2D eigenvalue weighted by molar-refractivity contribution is 0.590. The molecule has 1 rings (SSSR count). The maximum atomic E-state index is 3.36. The van der Waals surface area contributed by atoms with Gasteiger partial charge in [0, 0.05) is 4.47 Å². The molecule has 0 bridgehead atoms. The standard InChI is InChI=1S/C10H12Br/c1-10(2,3)8-4-6-9(11)7-5-8/h4-6H,1-3H3. The Labute approximate surface area is 76.8 Å². The maximum absolute atomic E-state index is 3.36. The topological polar surface area (TPSA) is 0 Å². The van der Waals surface area contributed by atoms with Gasteiger partial charge in [0.05, 0.1) is 0 Å². The van der Waals surface area contributed by atoms with E-state index >= 15 is 0 Å². The lowest BCUT2D eigenvalue weighted by atomic mass is 9.87. The molecule has 11 heavy (non-hydrogen) atoms. The molecule has 0 aliphatic rings. The Kier molecular flexibility index (Phi) is 2.38. The van der Waals surface area contributed by atoms with Gasteiger partial charge < -0.3 is 0 Å². The van der Waals surface area contributed by atoms with Crippen molar-refractivity contribution in [2.24, 2.45) is 0 Å². The van der Waals surface area contributed by atoms with Crippen molar-refractivity contribution in [1.82, 2.24) is 0 Å². The zero-order valence-corrected chi connectivity index (χ0v) is 8.70. The number of rotatable bonds is 0. The fourth-order valence-corrected chi connectivity index (χ4v) is 1.12. The van der Waals surface area contributed by atoms with Gasteiger partial charge in [0.1, 0.15) is 0 Å². The van der Waals surface area contributed by atoms with Crippen molar-refractivity contribution in [3.8, 4) is 0 Å². The Morgan fingerprint density at radius 1 is 1.27 bits per heavy atom. The SMILES string of the molecule is CC(C)(C)c1c[c]c(Br)cc1. The molecule has 0 fully saturated rings. The summed E-state index contributed by atoms with van der Waals surface area (Å²) in [6, 6.07) is 9.31. The maximum Gasteiger partial charge on any atom is 0.0254 e. The normalized spacial score (nSPS) is 11.6. The van der Waals surface area contributed by atoms with Crippen LogP contribution < -0.4 is 0 Å². The molecule has 0 aromatic heterocycles. The Balaban J connectivity index is 2.99. The largest absolute Gasteiger partial charge is 0.0573 e. The van der Waals surface area contributed by atoms with Crippen LogP contribution in [0.2, 0.25) is 0 Å². The average molecular weight is 212 g/mol. The number of benzene rings is 1. The summed E-state index contributed by atoms with van der Waals surface area (Å²) in [7, 11) is 0. The number of hydrogen-bond donors (Lipinski definition) is 0. The van der Waals surface area contributed by atoms with Gasteiger partial charge >= 0.3 is 0 Å². The van der Waals surface area contributed by atoms with Gasteiger partial charge in [-0.15, -0.1) is 0 Å². The molecule has 0 nitrogen and oxygen atoms in total. The molecule has 0 saturated carbocycles. The smallest absolute Gasteiger partial charge is 0.0254 e. The first-order valence-corrected chi connectivity index (χ1v) is 4.47. The van der Waals surface area contributed by atoms with Gasteiger partial charge in [-0.3, -0.25) is 0 Å². The van der Waals surface area contributed by atoms with Crippen LogP contribution in [-0.4, -0.2) is 0 Å². The van der Waals surface area contributed by atoms with Gasteiger partial charge in [-0.2, -0.15) is 0 Å². The summed E-state index contributed by atoms with van der Waals surface area (Å²) in [5, 5.41) is 0. The van der Waals surface area contributed by atoms with E-state index in [-0.39, 0.29) is 5.41 Å². The van der Waals surface area contributed by atoms with Crippen molar-refractivity contribution in [2.45, 2.75) is 26.2 Å². The van der Waals surface area contributed by atoms with E-state index in [9.17, 15) is 0 Å². The van der Waals surface area contributed by atoms with Crippen molar-refractivity contribution in [1.29, 1.82) is 0 Å². The minimum atomic E-state index is 0.233. The summed E-state index contributed by atoms with van der Waals surface area (Å²) < 4.78 is 1.02. The molecule has 59 valence electrons.